The normalized spacial score (nSPS) is 19.9. The van der Waals surface area contributed by atoms with E-state index in [0.29, 0.717) is 23.7 Å². The Labute approximate surface area is 132 Å². The van der Waals surface area contributed by atoms with Gasteiger partial charge in [-0.15, -0.1) is 5.10 Å². The third kappa shape index (κ3) is 2.38. The number of aromatic nitrogens is 5. The average Bonchev–Trinajstić information content (AvgIpc) is 3.23. The van der Waals surface area contributed by atoms with Crippen molar-refractivity contribution in [3.05, 3.63) is 22.6 Å². The molecule has 0 bridgehead atoms. The lowest BCUT2D eigenvalue weighted by molar-refractivity contribution is -0.120. The Hall–Kier alpha value is -2.69. The maximum atomic E-state index is 12.5. The number of rotatable bonds is 3. The summed E-state index contributed by atoms with van der Waals surface area (Å²) in [7, 11) is 1.84. The van der Waals surface area contributed by atoms with Gasteiger partial charge in [-0.1, -0.05) is 5.21 Å². The quantitative estimate of drug-likeness (QED) is 0.879. The van der Waals surface area contributed by atoms with Crippen LogP contribution in [0.2, 0.25) is 0 Å². The predicted octanol–water partition coefficient (Wildman–Crippen LogP) is 1.03. The Balaban J connectivity index is 1.51. The average molecular weight is 311 g/mol. The number of nitriles is 1. The third-order valence-electron chi connectivity index (χ3n) is 4.70. The summed E-state index contributed by atoms with van der Waals surface area (Å²) in [6, 6.07) is 2.16. The van der Waals surface area contributed by atoms with Crippen molar-refractivity contribution in [1.82, 2.24) is 25.2 Å². The summed E-state index contributed by atoms with van der Waals surface area (Å²) < 4.78 is 1.73. The van der Waals surface area contributed by atoms with E-state index in [1.165, 1.54) is 0 Å². The van der Waals surface area contributed by atoms with Gasteiger partial charge in [0.05, 0.1) is 17.1 Å². The van der Waals surface area contributed by atoms with E-state index in [-0.39, 0.29) is 11.8 Å². The zero-order valence-electron chi connectivity index (χ0n) is 12.8. The molecule has 23 heavy (non-hydrogen) atoms. The first-order valence-corrected chi connectivity index (χ1v) is 7.84. The Morgan fingerprint density at radius 2 is 2.26 bits per heavy atom. The van der Waals surface area contributed by atoms with E-state index in [1.807, 2.05) is 7.05 Å². The third-order valence-corrected chi connectivity index (χ3v) is 4.70. The van der Waals surface area contributed by atoms with Crippen LogP contribution in [0.3, 0.4) is 0 Å². The van der Waals surface area contributed by atoms with Crippen molar-refractivity contribution in [3.63, 3.8) is 0 Å². The molecule has 0 aromatic carbocycles. The number of hydrogen-bond acceptors (Lipinski definition) is 5. The van der Waals surface area contributed by atoms with Crippen LogP contribution in [-0.4, -0.2) is 31.1 Å². The van der Waals surface area contributed by atoms with Gasteiger partial charge < -0.3 is 5.32 Å². The molecule has 2 aliphatic rings. The molecule has 1 amide bonds. The minimum Gasteiger partial charge on any atom is -0.308 e. The zero-order valence-corrected chi connectivity index (χ0v) is 12.8. The molecular formula is C15H17N7O. The number of aryl methyl sites for hydroxylation is 2. The van der Waals surface area contributed by atoms with Crippen LogP contribution in [0.25, 0.3) is 0 Å². The molecular weight excluding hydrogens is 294 g/mol. The van der Waals surface area contributed by atoms with E-state index in [4.69, 9.17) is 0 Å². The number of aromatic amines is 1. The van der Waals surface area contributed by atoms with Crippen molar-refractivity contribution in [1.29, 1.82) is 5.26 Å². The monoisotopic (exact) mass is 311 g/mol. The van der Waals surface area contributed by atoms with Gasteiger partial charge in [0.15, 0.2) is 5.82 Å². The van der Waals surface area contributed by atoms with Crippen LogP contribution >= 0.6 is 0 Å². The van der Waals surface area contributed by atoms with Crippen LogP contribution in [0.5, 0.6) is 0 Å². The van der Waals surface area contributed by atoms with Crippen molar-refractivity contribution in [2.24, 2.45) is 13.0 Å². The number of nitrogens with one attached hydrogen (secondary N) is 2. The number of carbonyl (C=O) groups is 1. The maximum Gasteiger partial charge on any atom is 0.229 e. The lowest BCUT2D eigenvalue weighted by Crippen LogP contribution is -2.29. The molecule has 8 heteroatoms. The number of fused-ring (bicyclic) bond motifs is 1. The second-order valence-electron chi connectivity index (χ2n) is 6.28. The van der Waals surface area contributed by atoms with Crippen LogP contribution in [-0.2, 0) is 24.7 Å². The van der Waals surface area contributed by atoms with Crippen molar-refractivity contribution in [2.75, 3.05) is 5.32 Å². The van der Waals surface area contributed by atoms with Crippen LogP contribution in [0.15, 0.2) is 0 Å². The van der Waals surface area contributed by atoms with Gasteiger partial charge in [0.1, 0.15) is 11.6 Å². The van der Waals surface area contributed by atoms with E-state index >= 15 is 0 Å². The van der Waals surface area contributed by atoms with Crippen LogP contribution in [0.1, 0.15) is 47.8 Å². The highest BCUT2D eigenvalue weighted by Crippen LogP contribution is 2.41. The molecule has 1 fully saturated rings. The van der Waals surface area contributed by atoms with Crippen molar-refractivity contribution in [3.8, 4) is 6.07 Å². The fourth-order valence-corrected chi connectivity index (χ4v) is 3.18. The highest BCUT2D eigenvalue weighted by atomic mass is 16.2. The van der Waals surface area contributed by atoms with Crippen LogP contribution in [0, 0.1) is 17.2 Å². The molecule has 1 saturated carbocycles. The highest BCUT2D eigenvalue weighted by molar-refractivity contribution is 5.93. The Bertz CT molecular complexity index is 808. The van der Waals surface area contributed by atoms with E-state index in [0.717, 1.165) is 42.8 Å². The summed E-state index contributed by atoms with van der Waals surface area (Å²) in [5.41, 5.74) is 3.31. The number of hydrogen-bond donors (Lipinski definition) is 2. The lowest BCUT2D eigenvalue weighted by Gasteiger charge is -2.20. The van der Waals surface area contributed by atoms with Crippen molar-refractivity contribution >= 4 is 11.7 Å². The van der Waals surface area contributed by atoms with E-state index in [9.17, 15) is 10.1 Å². The molecule has 8 nitrogen and oxygen atoms in total. The van der Waals surface area contributed by atoms with Gasteiger partial charge in [-0.3, -0.25) is 14.6 Å². The first kappa shape index (κ1) is 13.9. The highest BCUT2D eigenvalue weighted by Gasteiger charge is 2.32. The first-order chi connectivity index (χ1) is 11.2. The van der Waals surface area contributed by atoms with Gasteiger partial charge >= 0.3 is 0 Å². The molecule has 0 saturated heterocycles. The number of carbonyl (C=O) groups excluding carboxylic acids is 1. The minimum absolute atomic E-state index is 0.0952. The van der Waals surface area contributed by atoms with Gasteiger partial charge in [0.2, 0.25) is 5.91 Å². The molecule has 0 aliphatic heterocycles. The standard InChI is InChI=1S/C15H17N7O/c1-22-12-6-9(4-5-11(12)18-21-22)15(23)17-14-10(7-16)13(19-20-14)8-2-3-8/h8-9H,2-6H2,1H3,(H2,17,19,20,23). The SMILES string of the molecule is Cn1nnc2c1CC(C(=O)Nc1n[nH]c(C3CC3)c1C#N)CC2. The predicted molar refractivity (Wildman–Crippen MR) is 80.4 cm³/mol. The van der Waals surface area contributed by atoms with Gasteiger partial charge in [-0.05, 0) is 25.7 Å². The summed E-state index contributed by atoms with van der Waals surface area (Å²) in [5, 5.41) is 27.3. The van der Waals surface area contributed by atoms with Gasteiger partial charge in [0, 0.05) is 25.3 Å². The largest absolute Gasteiger partial charge is 0.308 e. The lowest BCUT2D eigenvalue weighted by atomic mass is 9.89. The second-order valence-corrected chi connectivity index (χ2v) is 6.28. The smallest absolute Gasteiger partial charge is 0.229 e. The number of amides is 1. The molecule has 2 aromatic rings. The van der Waals surface area contributed by atoms with Crippen molar-refractivity contribution < 1.29 is 4.79 Å². The molecule has 1 atom stereocenters. The van der Waals surface area contributed by atoms with Gasteiger partial charge in [0.25, 0.3) is 0 Å². The first-order valence-electron chi connectivity index (χ1n) is 7.84. The maximum absolute atomic E-state index is 12.5. The molecule has 4 rings (SSSR count). The molecule has 0 radical (unpaired) electrons. The van der Waals surface area contributed by atoms with Crippen LogP contribution < -0.4 is 5.32 Å². The Morgan fingerprint density at radius 3 is 3.00 bits per heavy atom. The van der Waals surface area contributed by atoms with Gasteiger partial charge in [-0.25, -0.2) is 0 Å². The Morgan fingerprint density at radius 1 is 1.43 bits per heavy atom. The minimum atomic E-state index is -0.146. The second kappa shape index (κ2) is 5.19. The summed E-state index contributed by atoms with van der Waals surface area (Å²) in [6.07, 6.45) is 4.25. The molecule has 2 heterocycles. The van der Waals surface area contributed by atoms with Gasteiger partial charge in [-0.2, -0.15) is 10.4 Å². The summed E-state index contributed by atoms with van der Waals surface area (Å²) >= 11 is 0. The molecule has 118 valence electrons. The molecule has 1 unspecified atom stereocenters. The fraction of sp³-hybridized carbons (Fsp3) is 0.533. The molecule has 2 aliphatic carbocycles. The molecule has 2 N–H and O–H groups in total. The van der Waals surface area contributed by atoms with E-state index in [1.54, 1.807) is 4.68 Å². The topological polar surface area (TPSA) is 112 Å². The Kier molecular flexibility index (Phi) is 3.15. The molecule has 0 spiro atoms. The number of anilines is 1. The number of nitrogens with zero attached hydrogens (tertiary/aromatic N) is 5. The zero-order chi connectivity index (χ0) is 16.0. The molecule has 2 aromatic heterocycles. The van der Waals surface area contributed by atoms with E-state index < -0.39 is 0 Å². The van der Waals surface area contributed by atoms with Crippen LogP contribution in [0.4, 0.5) is 5.82 Å². The summed E-state index contributed by atoms with van der Waals surface area (Å²) in [5.74, 6) is 0.503. The fourth-order valence-electron chi connectivity index (χ4n) is 3.18. The van der Waals surface area contributed by atoms with Crippen molar-refractivity contribution in [2.45, 2.75) is 38.0 Å². The van der Waals surface area contributed by atoms with E-state index in [2.05, 4.69) is 31.9 Å². The summed E-state index contributed by atoms with van der Waals surface area (Å²) in [6.45, 7) is 0. The summed E-state index contributed by atoms with van der Waals surface area (Å²) in [4.78, 5) is 12.5. The number of H-pyrrole nitrogens is 1.